The van der Waals surface area contributed by atoms with Gasteiger partial charge < -0.3 is 14.9 Å². The maximum Gasteiger partial charge on any atom is 0.304 e. The summed E-state index contributed by atoms with van der Waals surface area (Å²) < 4.78 is 4.79. The molecule has 0 aliphatic rings. The molecule has 6 nitrogen and oxygen atoms in total. The molecule has 1 heterocycles. The molecule has 7 heteroatoms. The van der Waals surface area contributed by atoms with E-state index in [0.29, 0.717) is 11.6 Å². The predicted octanol–water partition coefficient (Wildman–Crippen LogP) is 1.52. The number of aliphatic carboxylic acids is 1. The summed E-state index contributed by atoms with van der Waals surface area (Å²) in [6, 6.07) is 1.61. The number of anilines is 1. The number of nitrogens with one attached hydrogen (secondary N) is 1. The van der Waals surface area contributed by atoms with Crippen LogP contribution in [-0.2, 0) is 9.59 Å². The molecule has 1 aromatic heterocycles. The summed E-state index contributed by atoms with van der Waals surface area (Å²) in [7, 11) is 0. The highest BCUT2D eigenvalue weighted by Crippen LogP contribution is 2.14. The standard InChI is InChI=1S/C10H14N2O4S/c1-6-3-8(12-16-6)11-9(13)5-17-7(2)4-10(14)15/h3,7H,4-5H2,1-2H3,(H,14,15)(H,11,12,13). The van der Waals surface area contributed by atoms with Crippen molar-refractivity contribution in [3.63, 3.8) is 0 Å². The third kappa shape index (κ3) is 5.39. The van der Waals surface area contributed by atoms with Crippen LogP contribution in [0.2, 0.25) is 0 Å². The van der Waals surface area contributed by atoms with Crippen LogP contribution in [0.15, 0.2) is 10.6 Å². The molecule has 0 aliphatic carbocycles. The lowest BCUT2D eigenvalue weighted by molar-refractivity contribution is -0.136. The number of hydrogen-bond donors (Lipinski definition) is 2. The Morgan fingerprint density at radius 3 is 2.88 bits per heavy atom. The van der Waals surface area contributed by atoms with Crippen molar-refractivity contribution < 1.29 is 19.2 Å². The maximum atomic E-state index is 11.5. The fourth-order valence-electron chi connectivity index (χ4n) is 1.13. The average Bonchev–Trinajstić information content (AvgIpc) is 2.60. The van der Waals surface area contributed by atoms with E-state index in [0.717, 1.165) is 0 Å². The van der Waals surface area contributed by atoms with Crippen LogP contribution < -0.4 is 5.32 Å². The molecule has 0 spiro atoms. The second-order valence-corrected chi connectivity index (χ2v) is 5.02. The summed E-state index contributed by atoms with van der Waals surface area (Å²) in [5, 5.41) is 14.6. The SMILES string of the molecule is Cc1cc(NC(=O)CSC(C)CC(=O)O)no1. The zero-order valence-electron chi connectivity index (χ0n) is 9.60. The smallest absolute Gasteiger partial charge is 0.304 e. The molecular formula is C10H14N2O4S. The number of nitrogens with zero attached hydrogens (tertiary/aromatic N) is 1. The number of rotatable bonds is 6. The van der Waals surface area contributed by atoms with Gasteiger partial charge in [0.25, 0.3) is 0 Å². The second-order valence-electron chi connectivity index (χ2n) is 3.59. The largest absolute Gasteiger partial charge is 0.481 e. The molecule has 1 unspecified atom stereocenters. The Morgan fingerprint density at radius 2 is 2.35 bits per heavy atom. The van der Waals surface area contributed by atoms with Gasteiger partial charge >= 0.3 is 5.97 Å². The summed E-state index contributed by atoms with van der Waals surface area (Å²) in [4.78, 5) is 21.9. The van der Waals surface area contributed by atoms with Gasteiger partial charge in [0.1, 0.15) is 5.76 Å². The van der Waals surface area contributed by atoms with Crippen LogP contribution in [0.3, 0.4) is 0 Å². The van der Waals surface area contributed by atoms with Crippen LogP contribution in [0.5, 0.6) is 0 Å². The Morgan fingerprint density at radius 1 is 1.65 bits per heavy atom. The average molecular weight is 258 g/mol. The molecule has 0 bridgehead atoms. The van der Waals surface area contributed by atoms with E-state index in [-0.39, 0.29) is 23.3 Å². The fraction of sp³-hybridized carbons (Fsp3) is 0.500. The van der Waals surface area contributed by atoms with E-state index in [4.69, 9.17) is 9.63 Å². The molecule has 0 saturated carbocycles. The van der Waals surface area contributed by atoms with E-state index in [1.165, 1.54) is 11.8 Å². The number of carbonyl (C=O) groups excluding carboxylic acids is 1. The van der Waals surface area contributed by atoms with Gasteiger partial charge in [0.05, 0.1) is 12.2 Å². The van der Waals surface area contributed by atoms with Gasteiger partial charge in [-0.05, 0) is 6.92 Å². The summed E-state index contributed by atoms with van der Waals surface area (Å²) >= 11 is 1.29. The lowest BCUT2D eigenvalue weighted by Crippen LogP contribution is -2.17. The van der Waals surface area contributed by atoms with E-state index in [1.807, 2.05) is 0 Å². The van der Waals surface area contributed by atoms with Gasteiger partial charge in [-0.25, -0.2) is 0 Å². The highest BCUT2D eigenvalue weighted by atomic mass is 32.2. The van der Waals surface area contributed by atoms with Crippen molar-refractivity contribution in [1.82, 2.24) is 5.16 Å². The van der Waals surface area contributed by atoms with Gasteiger partial charge in [-0.2, -0.15) is 0 Å². The molecule has 0 fully saturated rings. The van der Waals surface area contributed by atoms with Crippen molar-refractivity contribution in [3.05, 3.63) is 11.8 Å². The Hall–Kier alpha value is -1.50. The first-order valence-electron chi connectivity index (χ1n) is 5.04. The van der Waals surface area contributed by atoms with E-state index in [9.17, 15) is 9.59 Å². The number of amides is 1. The minimum atomic E-state index is -0.863. The third-order valence-corrected chi connectivity index (χ3v) is 3.02. The topological polar surface area (TPSA) is 92.4 Å². The predicted molar refractivity (Wildman–Crippen MR) is 64.0 cm³/mol. The molecule has 17 heavy (non-hydrogen) atoms. The molecule has 2 N–H and O–H groups in total. The van der Waals surface area contributed by atoms with Crippen LogP contribution in [0.25, 0.3) is 0 Å². The van der Waals surface area contributed by atoms with Crippen molar-refractivity contribution in [3.8, 4) is 0 Å². The summed E-state index contributed by atoms with van der Waals surface area (Å²) in [6.45, 7) is 3.50. The van der Waals surface area contributed by atoms with Gasteiger partial charge in [0, 0.05) is 11.3 Å². The molecule has 1 atom stereocenters. The summed E-state index contributed by atoms with van der Waals surface area (Å²) in [6.07, 6.45) is 0.0427. The number of carboxylic acids is 1. The highest BCUT2D eigenvalue weighted by Gasteiger charge is 2.11. The molecule has 94 valence electrons. The minimum absolute atomic E-state index is 0.0427. The second kappa shape index (κ2) is 6.29. The molecule has 0 radical (unpaired) electrons. The lowest BCUT2D eigenvalue weighted by Gasteiger charge is -2.07. The van der Waals surface area contributed by atoms with Crippen molar-refractivity contribution in [2.24, 2.45) is 0 Å². The number of aromatic nitrogens is 1. The van der Waals surface area contributed by atoms with Crippen molar-refractivity contribution in [2.45, 2.75) is 25.5 Å². The fourth-order valence-corrected chi connectivity index (χ4v) is 1.90. The van der Waals surface area contributed by atoms with Crippen molar-refractivity contribution in [1.29, 1.82) is 0 Å². The van der Waals surface area contributed by atoms with Crippen LogP contribution in [0, 0.1) is 6.92 Å². The third-order valence-electron chi connectivity index (χ3n) is 1.86. The van der Waals surface area contributed by atoms with E-state index in [2.05, 4.69) is 10.5 Å². The summed E-state index contributed by atoms with van der Waals surface area (Å²) in [5.74, 6) is 0.102. The molecule has 0 aliphatic heterocycles. The minimum Gasteiger partial charge on any atom is -0.481 e. The van der Waals surface area contributed by atoms with Gasteiger partial charge in [0.2, 0.25) is 5.91 Å². The first-order valence-corrected chi connectivity index (χ1v) is 6.09. The quantitative estimate of drug-likeness (QED) is 0.803. The van der Waals surface area contributed by atoms with Crippen LogP contribution in [-0.4, -0.2) is 33.1 Å². The zero-order valence-corrected chi connectivity index (χ0v) is 10.4. The zero-order chi connectivity index (χ0) is 12.8. The molecule has 1 aromatic rings. The van der Waals surface area contributed by atoms with Crippen LogP contribution >= 0.6 is 11.8 Å². The Labute approximate surface area is 103 Å². The normalized spacial score (nSPS) is 12.1. The monoisotopic (exact) mass is 258 g/mol. The van der Waals surface area contributed by atoms with E-state index < -0.39 is 5.97 Å². The van der Waals surface area contributed by atoms with Crippen molar-refractivity contribution in [2.75, 3.05) is 11.1 Å². The molecular weight excluding hydrogens is 244 g/mol. The first-order chi connectivity index (χ1) is 7.97. The van der Waals surface area contributed by atoms with Gasteiger partial charge in [-0.3, -0.25) is 9.59 Å². The lowest BCUT2D eigenvalue weighted by atomic mass is 10.3. The number of aryl methyl sites for hydroxylation is 1. The van der Waals surface area contributed by atoms with Gasteiger partial charge in [-0.1, -0.05) is 12.1 Å². The van der Waals surface area contributed by atoms with Gasteiger partial charge in [0.15, 0.2) is 5.82 Å². The van der Waals surface area contributed by atoms with Crippen LogP contribution in [0.1, 0.15) is 19.1 Å². The Balaban J connectivity index is 2.28. The molecule has 1 amide bonds. The van der Waals surface area contributed by atoms with Crippen molar-refractivity contribution >= 4 is 29.5 Å². The summed E-state index contributed by atoms with van der Waals surface area (Å²) in [5.41, 5.74) is 0. The molecule has 0 saturated heterocycles. The number of carboxylic acid groups (broad SMARTS) is 1. The Bertz CT molecular complexity index is 405. The number of carbonyl (C=O) groups is 2. The van der Waals surface area contributed by atoms with Gasteiger partial charge in [-0.15, -0.1) is 11.8 Å². The maximum absolute atomic E-state index is 11.5. The highest BCUT2D eigenvalue weighted by molar-refractivity contribution is 8.00. The number of thioether (sulfide) groups is 1. The van der Waals surface area contributed by atoms with E-state index >= 15 is 0 Å². The molecule has 0 aromatic carbocycles. The van der Waals surface area contributed by atoms with Crippen LogP contribution in [0.4, 0.5) is 5.82 Å². The number of hydrogen-bond acceptors (Lipinski definition) is 5. The first kappa shape index (κ1) is 13.6. The van der Waals surface area contributed by atoms with E-state index in [1.54, 1.807) is 19.9 Å². The Kier molecular flexibility index (Phi) is 5.02. The molecule has 1 rings (SSSR count).